The lowest BCUT2D eigenvalue weighted by Crippen LogP contribution is -2.52. The van der Waals surface area contributed by atoms with Gasteiger partial charge in [0.05, 0.1) is 5.41 Å². The molecule has 5 fully saturated rings. The third-order valence-electron chi connectivity index (χ3n) is 8.33. The van der Waals surface area contributed by atoms with Crippen molar-refractivity contribution in [3.8, 4) is 5.75 Å². The van der Waals surface area contributed by atoms with Crippen molar-refractivity contribution >= 4 is 11.8 Å². The smallest absolute Gasteiger partial charge is 0.242 e. The highest BCUT2D eigenvalue weighted by Crippen LogP contribution is 2.55. The Labute approximate surface area is 171 Å². The van der Waals surface area contributed by atoms with Crippen LogP contribution in [0.1, 0.15) is 44.1 Å². The molecule has 6 heteroatoms. The fourth-order valence-corrected chi connectivity index (χ4v) is 6.20. The van der Waals surface area contributed by atoms with E-state index in [0.717, 1.165) is 57.4 Å². The Kier molecular flexibility index (Phi) is 3.65. The summed E-state index contributed by atoms with van der Waals surface area (Å²) in [6.07, 6.45) is 5.87. The molecular weight excluding hydrogens is 366 g/mol. The molecule has 2 saturated carbocycles. The van der Waals surface area contributed by atoms with Crippen molar-refractivity contribution in [2.24, 2.45) is 11.3 Å². The van der Waals surface area contributed by atoms with Gasteiger partial charge in [0.2, 0.25) is 11.8 Å². The molecule has 3 saturated heterocycles. The highest BCUT2D eigenvalue weighted by molar-refractivity contribution is 5.96. The average Bonchev–Trinajstić information content (AvgIpc) is 3.58. The van der Waals surface area contributed by atoms with Crippen molar-refractivity contribution in [3.63, 3.8) is 0 Å². The molecule has 6 rings (SSSR count). The van der Waals surface area contributed by atoms with Crippen molar-refractivity contribution in [1.82, 2.24) is 15.1 Å². The fourth-order valence-electron chi connectivity index (χ4n) is 6.20. The SMILES string of the molecule is O=C(NCC12CCN(CC1)C2)[C@H]1C[C@@H]2C[C@@H]2N1C(=O)C1(c2ccc(O)cc2)CC1. The van der Waals surface area contributed by atoms with Crippen LogP contribution in [-0.2, 0) is 15.0 Å². The Balaban J connectivity index is 1.18. The Morgan fingerprint density at radius 3 is 2.41 bits per heavy atom. The first-order valence-electron chi connectivity index (χ1n) is 11.1. The second-order valence-corrected chi connectivity index (χ2v) is 10.1. The van der Waals surface area contributed by atoms with E-state index in [9.17, 15) is 14.7 Å². The molecule has 2 bridgehead atoms. The zero-order valence-electron chi connectivity index (χ0n) is 16.8. The molecule has 5 aliphatic rings. The van der Waals surface area contributed by atoms with E-state index in [1.807, 2.05) is 17.0 Å². The van der Waals surface area contributed by atoms with E-state index in [1.54, 1.807) is 12.1 Å². The zero-order chi connectivity index (χ0) is 19.8. The van der Waals surface area contributed by atoms with Gasteiger partial charge in [-0.2, -0.15) is 0 Å². The number of likely N-dealkylation sites (tertiary alicyclic amines) is 1. The molecule has 3 aliphatic heterocycles. The molecule has 0 radical (unpaired) electrons. The number of amides is 2. The maximum absolute atomic E-state index is 13.6. The van der Waals surface area contributed by atoms with Crippen molar-refractivity contribution in [2.75, 3.05) is 26.2 Å². The number of carbonyl (C=O) groups excluding carboxylic acids is 2. The van der Waals surface area contributed by atoms with Gasteiger partial charge in [-0.25, -0.2) is 0 Å². The third-order valence-corrected chi connectivity index (χ3v) is 8.33. The van der Waals surface area contributed by atoms with Gasteiger partial charge >= 0.3 is 0 Å². The largest absolute Gasteiger partial charge is 0.508 e. The lowest BCUT2D eigenvalue weighted by atomic mass is 9.84. The Hall–Kier alpha value is -2.08. The van der Waals surface area contributed by atoms with E-state index < -0.39 is 5.41 Å². The number of phenols is 1. The van der Waals surface area contributed by atoms with E-state index in [2.05, 4.69) is 10.2 Å². The van der Waals surface area contributed by atoms with Gasteiger partial charge in [0.25, 0.3) is 0 Å². The van der Waals surface area contributed by atoms with Crippen LogP contribution in [0.3, 0.4) is 0 Å². The molecule has 29 heavy (non-hydrogen) atoms. The van der Waals surface area contributed by atoms with Crippen molar-refractivity contribution in [1.29, 1.82) is 0 Å². The van der Waals surface area contributed by atoms with Crippen LogP contribution < -0.4 is 5.32 Å². The summed E-state index contributed by atoms with van der Waals surface area (Å²) in [4.78, 5) is 31.2. The first kappa shape index (κ1) is 17.8. The molecule has 2 aliphatic carbocycles. The molecule has 3 atom stereocenters. The lowest BCUT2D eigenvalue weighted by molar-refractivity contribution is -0.142. The van der Waals surface area contributed by atoms with Gasteiger partial charge in [0, 0.05) is 24.5 Å². The molecule has 1 aromatic rings. The number of fused-ring (bicyclic) bond motifs is 3. The van der Waals surface area contributed by atoms with Crippen LogP contribution >= 0.6 is 0 Å². The second kappa shape index (κ2) is 5.97. The number of hydrogen-bond acceptors (Lipinski definition) is 4. The number of hydrogen-bond donors (Lipinski definition) is 2. The molecule has 0 unspecified atom stereocenters. The summed E-state index contributed by atoms with van der Waals surface area (Å²) in [6.45, 7) is 4.17. The molecular formula is C23H29N3O3. The number of rotatable bonds is 5. The summed E-state index contributed by atoms with van der Waals surface area (Å²) in [5.41, 5.74) is 0.745. The second-order valence-electron chi connectivity index (χ2n) is 10.1. The number of nitrogens with zero attached hydrogens (tertiary/aromatic N) is 2. The number of aromatic hydroxyl groups is 1. The van der Waals surface area contributed by atoms with Crippen LogP contribution in [0, 0.1) is 11.3 Å². The summed E-state index contributed by atoms with van der Waals surface area (Å²) < 4.78 is 0. The van der Waals surface area contributed by atoms with E-state index in [-0.39, 0.29) is 35.1 Å². The summed E-state index contributed by atoms with van der Waals surface area (Å²) in [5, 5.41) is 12.8. The zero-order valence-corrected chi connectivity index (χ0v) is 16.8. The van der Waals surface area contributed by atoms with Gasteiger partial charge in [0.1, 0.15) is 11.8 Å². The van der Waals surface area contributed by atoms with Gasteiger partial charge in [-0.1, -0.05) is 12.1 Å². The topological polar surface area (TPSA) is 72.9 Å². The first-order valence-corrected chi connectivity index (χ1v) is 11.1. The van der Waals surface area contributed by atoms with Crippen LogP contribution in [0.25, 0.3) is 0 Å². The monoisotopic (exact) mass is 395 g/mol. The van der Waals surface area contributed by atoms with Crippen LogP contribution in [0.4, 0.5) is 0 Å². The van der Waals surface area contributed by atoms with Crippen molar-refractivity contribution in [2.45, 2.75) is 56.0 Å². The van der Waals surface area contributed by atoms with Crippen LogP contribution in [0.5, 0.6) is 5.75 Å². The normalized spacial score (nSPS) is 38.0. The lowest BCUT2D eigenvalue weighted by Gasteiger charge is -2.32. The van der Waals surface area contributed by atoms with E-state index in [1.165, 1.54) is 12.8 Å². The minimum Gasteiger partial charge on any atom is -0.508 e. The van der Waals surface area contributed by atoms with Gasteiger partial charge in [-0.15, -0.1) is 0 Å². The summed E-state index contributed by atoms with van der Waals surface area (Å²) in [7, 11) is 0. The molecule has 3 heterocycles. The standard InChI is InChI=1S/C23H29N3O3/c27-17-3-1-16(2-4-17)23(5-6-23)21(29)26-18-11-15(18)12-19(26)20(28)24-13-22-7-9-25(14-22)10-8-22/h1-4,15,18-19,27H,5-14H2,(H,24,28)/t15-,18-,19+/m0/s1. The molecule has 6 nitrogen and oxygen atoms in total. The highest BCUT2D eigenvalue weighted by atomic mass is 16.3. The maximum atomic E-state index is 13.6. The third kappa shape index (κ3) is 2.71. The van der Waals surface area contributed by atoms with E-state index in [4.69, 9.17) is 0 Å². The van der Waals surface area contributed by atoms with Crippen LogP contribution in [0.15, 0.2) is 24.3 Å². The quantitative estimate of drug-likeness (QED) is 0.795. The molecule has 154 valence electrons. The van der Waals surface area contributed by atoms with E-state index in [0.29, 0.717) is 5.92 Å². The van der Waals surface area contributed by atoms with Gasteiger partial charge in [-0.05, 0) is 75.2 Å². The Bertz CT molecular complexity index is 855. The Morgan fingerprint density at radius 2 is 1.79 bits per heavy atom. The highest BCUT2D eigenvalue weighted by Gasteiger charge is 2.62. The van der Waals surface area contributed by atoms with Crippen molar-refractivity contribution < 1.29 is 14.7 Å². The molecule has 2 amide bonds. The average molecular weight is 396 g/mol. The maximum Gasteiger partial charge on any atom is 0.242 e. The molecule has 1 aromatic carbocycles. The predicted octanol–water partition coefficient (Wildman–Crippen LogP) is 1.63. The van der Waals surface area contributed by atoms with Gasteiger partial charge < -0.3 is 20.2 Å². The predicted molar refractivity (Wildman–Crippen MR) is 107 cm³/mol. The van der Waals surface area contributed by atoms with Gasteiger partial charge in [0.15, 0.2) is 0 Å². The van der Waals surface area contributed by atoms with Gasteiger partial charge in [-0.3, -0.25) is 9.59 Å². The molecule has 0 aromatic heterocycles. The number of benzene rings is 1. The minimum atomic E-state index is -0.486. The fraction of sp³-hybridized carbons (Fsp3) is 0.652. The number of nitrogens with one attached hydrogen (secondary N) is 1. The molecule has 2 N–H and O–H groups in total. The summed E-state index contributed by atoms with van der Waals surface area (Å²) in [6, 6.07) is 6.97. The van der Waals surface area contributed by atoms with Crippen LogP contribution in [0.2, 0.25) is 0 Å². The van der Waals surface area contributed by atoms with E-state index >= 15 is 0 Å². The first-order chi connectivity index (χ1) is 14.0. The summed E-state index contributed by atoms with van der Waals surface area (Å²) >= 11 is 0. The Morgan fingerprint density at radius 1 is 1.07 bits per heavy atom. The summed E-state index contributed by atoms with van der Waals surface area (Å²) in [5.74, 6) is 0.887. The number of piperidine rings is 2. The minimum absolute atomic E-state index is 0.0479. The molecule has 0 spiro atoms. The number of phenolic OH excluding ortho intramolecular Hbond substituents is 1. The van der Waals surface area contributed by atoms with Crippen LogP contribution in [-0.4, -0.2) is 65.0 Å². The van der Waals surface area contributed by atoms with Crippen molar-refractivity contribution in [3.05, 3.63) is 29.8 Å². The number of carbonyl (C=O) groups is 2.